The van der Waals surface area contributed by atoms with Gasteiger partial charge in [-0.2, -0.15) is 4.98 Å². The average molecular weight is 260 g/mol. The van der Waals surface area contributed by atoms with Crippen LogP contribution in [0.3, 0.4) is 0 Å². The van der Waals surface area contributed by atoms with Crippen LogP contribution in [0.4, 0.5) is 6.01 Å². The second-order valence-electron chi connectivity index (χ2n) is 4.94. The Morgan fingerprint density at radius 2 is 2.00 bits per heavy atom. The molecule has 0 bridgehead atoms. The molecule has 3 rings (SSSR count). The summed E-state index contributed by atoms with van der Waals surface area (Å²) in [7, 11) is 0. The summed E-state index contributed by atoms with van der Waals surface area (Å²) in [5, 5.41) is 10.1. The van der Waals surface area contributed by atoms with Gasteiger partial charge in [-0.1, -0.05) is 0 Å². The van der Waals surface area contributed by atoms with Crippen LogP contribution in [0, 0.1) is 6.92 Å². The van der Waals surface area contributed by atoms with E-state index in [1.807, 2.05) is 4.90 Å². The van der Waals surface area contributed by atoms with Crippen molar-refractivity contribution in [2.45, 2.75) is 26.2 Å². The fourth-order valence-corrected chi connectivity index (χ4v) is 2.46. The van der Waals surface area contributed by atoms with E-state index in [1.165, 1.54) is 12.5 Å². The Morgan fingerprint density at radius 3 is 2.74 bits per heavy atom. The number of hydrogen-bond donors (Lipinski definition) is 1. The average Bonchev–Trinajstić information content (AvgIpc) is 2.44. The first-order valence-corrected chi connectivity index (χ1v) is 6.55. The van der Waals surface area contributed by atoms with Crippen molar-refractivity contribution < 1.29 is 9.52 Å². The van der Waals surface area contributed by atoms with Gasteiger partial charge in [0.2, 0.25) is 0 Å². The number of aromatic nitrogens is 1. The Bertz CT molecular complexity index is 672. The summed E-state index contributed by atoms with van der Waals surface area (Å²) in [5.74, 6) is 0.131. The van der Waals surface area contributed by atoms with E-state index in [9.17, 15) is 9.90 Å². The molecule has 100 valence electrons. The molecule has 1 saturated heterocycles. The highest BCUT2D eigenvalue weighted by atomic mass is 16.4. The molecule has 0 aliphatic carbocycles. The molecule has 0 spiro atoms. The number of anilines is 1. The molecule has 19 heavy (non-hydrogen) atoms. The number of piperidine rings is 1. The fraction of sp³-hybridized carbons (Fsp3) is 0.429. The maximum atomic E-state index is 12.0. The fourth-order valence-electron chi connectivity index (χ4n) is 2.46. The molecule has 2 heterocycles. The summed E-state index contributed by atoms with van der Waals surface area (Å²) in [5.41, 5.74) is 0.709. The van der Waals surface area contributed by atoms with E-state index in [-0.39, 0.29) is 11.3 Å². The molecule has 5 nitrogen and oxygen atoms in total. The van der Waals surface area contributed by atoms with Crippen LogP contribution >= 0.6 is 0 Å². The van der Waals surface area contributed by atoms with Gasteiger partial charge >= 0.3 is 6.01 Å². The molecule has 1 aliphatic heterocycles. The molecular formula is C14H16N2O3. The van der Waals surface area contributed by atoms with Gasteiger partial charge in [-0.05, 0) is 38.3 Å². The minimum Gasteiger partial charge on any atom is -0.508 e. The monoisotopic (exact) mass is 260 g/mol. The lowest BCUT2D eigenvalue weighted by Gasteiger charge is -2.25. The molecule has 0 saturated carbocycles. The Kier molecular flexibility index (Phi) is 2.89. The summed E-state index contributed by atoms with van der Waals surface area (Å²) >= 11 is 0. The number of benzene rings is 1. The van der Waals surface area contributed by atoms with Crippen LogP contribution in [-0.2, 0) is 0 Å². The molecule has 5 heteroatoms. The van der Waals surface area contributed by atoms with Crippen LogP contribution in [0.5, 0.6) is 5.75 Å². The Labute approximate surface area is 110 Å². The zero-order valence-corrected chi connectivity index (χ0v) is 10.8. The smallest absolute Gasteiger partial charge is 0.301 e. The second-order valence-corrected chi connectivity index (χ2v) is 4.94. The second kappa shape index (κ2) is 4.57. The van der Waals surface area contributed by atoms with E-state index in [4.69, 9.17) is 4.42 Å². The van der Waals surface area contributed by atoms with Crippen LogP contribution in [0.1, 0.15) is 24.8 Å². The molecule has 0 unspecified atom stereocenters. The lowest BCUT2D eigenvalue weighted by atomic mass is 10.1. The van der Waals surface area contributed by atoms with Crippen molar-refractivity contribution in [1.82, 2.24) is 4.98 Å². The standard InChI is InChI=1S/C14H16N2O3/c1-9-11(17)6-5-10-12(9)19-14(15-13(10)18)16-7-3-2-4-8-16/h5-6,17H,2-4,7-8H2,1H3. The van der Waals surface area contributed by atoms with Crippen LogP contribution < -0.4 is 10.5 Å². The van der Waals surface area contributed by atoms with Gasteiger partial charge in [0.15, 0.2) is 5.58 Å². The van der Waals surface area contributed by atoms with Crippen LogP contribution in [0.2, 0.25) is 0 Å². The van der Waals surface area contributed by atoms with Crippen molar-refractivity contribution in [3.8, 4) is 5.75 Å². The van der Waals surface area contributed by atoms with Crippen molar-refractivity contribution >= 4 is 17.0 Å². The molecule has 1 aromatic heterocycles. The number of nitrogens with zero attached hydrogens (tertiary/aromatic N) is 2. The minimum atomic E-state index is -0.301. The largest absolute Gasteiger partial charge is 0.508 e. The molecule has 2 aromatic rings. The van der Waals surface area contributed by atoms with Gasteiger partial charge < -0.3 is 14.4 Å². The third kappa shape index (κ3) is 2.05. The SMILES string of the molecule is Cc1c(O)ccc2c(=O)nc(N3CCCCC3)oc12. The predicted molar refractivity (Wildman–Crippen MR) is 72.7 cm³/mol. The third-order valence-electron chi connectivity index (χ3n) is 3.62. The highest BCUT2D eigenvalue weighted by Gasteiger charge is 2.17. The number of hydrogen-bond acceptors (Lipinski definition) is 5. The molecule has 1 N–H and O–H groups in total. The normalized spacial score (nSPS) is 15.9. The van der Waals surface area contributed by atoms with Gasteiger partial charge in [-0.3, -0.25) is 4.79 Å². The molecule has 1 fully saturated rings. The van der Waals surface area contributed by atoms with Gasteiger partial charge in [-0.25, -0.2) is 0 Å². The van der Waals surface area contributed by atoms with E-state index in [0.29, 0.717) is 22.5 Å². The maximum Gasteiger partial charge on any atom is 0.301 e. The number of phenolic OH excluding ortho intramolecular Hbond substituents is 1. The third-order valence-corrected chi connectivity index (χ3v) is 3.62. The van der Waals surface area contributed by atoms with Gasteiger partial charge in [0.25, 0.3) is 5.56 Å². The van der Waals surface area contributed by atoms with Crippen LogP contribution in [-0.4, -0.2) is 23.2 Å². The quantitative estimate of drug-likeness (QED) is 0.851. The number of fused-ring (bicyclic) bond motifs is 1. The lowest BCUT2D eigenvalue weighted by molar-refractivity contribution is 0.466. The first-order chi connectivity index (χ1) is 9.16. The molecule has 1 aliphatic rings. The van der Waals surface area contributed by atoms with Gasteiger partial charge in [0.05, 0.1) is 5.39 Å². The van der Waals surface area contributed by atoms with E-state index < -0.39 is 0 Å². The van der Waals surface area contributed by atoms with Crippen molar-refractivity contribution in [2.24, 2.45) is 0 Å². The van der Waals surface area contributed by atoms with E-state index in [0.717, 1.165) is 25.9 Å². The first kappa shape index (κ1) is 12.0. The van der Waals surface area contributed by atoms with Gasteiger partial charge in [-0.15, -0.1) is 0 Å². The van der Waals surface area contributed by atoms with Crippen LogP contribution in [0.25, 0.3) is 11.0 Å². The number of phenols is 1. The summed E-state index contributed by atoms with van der Waals surface area (Å²) in [6, 6.07) is 3.42. The summed E-state index contributed by atoms with van der Waals surface area (Å²) in [6.07, 6.45) is 3.37. The topological polar surface area (TPSA) is 66.6 Å². The highest BCUT2D eigenvalue weighted by molar-refractivity contribution is 5.81. The molecule has 1 aromatic carbocycles. The Morgan fingerprint density at radius 1 is 1.26 bits per heavy atom. The summed E-state index contributed by atoms with van der Waals surface area (Å²) in [4.78, 5) is 18.0. The van der Waals surface area contributed by atoms with Crippen LogP contribution in [0.15, 0.2) is 21.3 Å². The lowest BCUT2D eigenvalue weighted by Crippen LogP contribution is -2.31. The van der Waals surface area contributed by atoms with Crippen molar-refractivity contribution in [3.05, 3.63) is 28.0 Å². The van der Waals surface area contributed by atoms with E-state index >= 15 is 0 Å². The molecule has 0 atom stereocenters. The maximum absolute atomic E-state index is 12.0. The van der Waals surface area contributed by atoms with Crippen molar-refractivity contribution in [2.75, 3.05) is 18.0 Å². The summed E-state index contributed by atoms with van der Waals surface area (Å²) < 4.78 is 5.75. The first-order valence-electron chi connectivity index (χ1n) is 6.55. The number of aromatic hydroxyl groups is 1. The minimum absolute atomic E-state index is 0.131. The van der Waals surface area contributed by atoms with E-state index in [1.54, 1.807) is 13.0 Å². The van der Waals surface area contributed by atoms with Crippen molar-refractivity contribution in [3.63, 3.8) is 0 Å². The zero-order chi connectivity index (χ0) is 13.4. The Balaban J connectivity index is 2.17. The van der Waals surface area contributed by atoms with E-state index in [2.05, 4.69) is 4.98 Å². The van der Waals surface area contributed by atoms with Crippen molar-refractivity contribution in [1.29, 1.82) is 0 Å². The number of aryl methyl sites for hydroxylation is 1. The zero-order valence-electron chi connectivity index (χ0n) is 10.8. The molecule has 0 amide bonds. The van der Waals surface area contributed by atoms with Gasteiger partial charge in [0, 0.05) is 18.7 Å². The Hall–Kier alpha value is -2.04. The highest BCUT2D eigenvalue weighted by Crippen LogP contribution is 2.27. The molecule has 0 radical (unpaired) electrons. The number of rotatable bonds is 1. The molecular weight excluding hydrogens is 244 g/mol. The predicted octanol–water partition coefficient (Wildman–Crippen LogP) is 2.19. The summed E-state index contributed by atoms with van der Waals surface area (Å²) in [6.45, 7) is 3.46. The van der Waals surface area contributed by atoms with Gasteiger partial charge in [0.1, 0.15) is 5.75 Å².